The smallest absolute Gasteiger partial charge is 0.240 e. The molecule has 0 spiro atoms. The van der Waals surface area contributed by atoms with Crippen molar-refractivity contribution in [2.45, 2.75) is 37.6 Å². The van der Waals surface area contributed by atoms with Crippen LogP contribution in [-0.2, 0) is 10.3 Å². The first kappa shape index (κ1) is 11.7. The van der Waals surface area contributed by atoms with Crippen molar-refractivity contribution in [1.29, 1.82) is 0 Å². The molecule has 14 heavy (non-hydrogen) atoms. The van der Waals surface area contributed by atoms with E-state index in [1.165, 1.54) is 0 Å². The lowest BCUT2D eigenvalue weighted by Crippen LogP contribution is -2.21. The molecule has 1 unspecified atom stereocenters. The number of methoxy groups -OCH3 is 1. The fourth-order valence-electron chi connectivity index (χ4n) is 0.873. The molecule has 1 rings (SSSR count). The zero-order valence-electron chi connectivity index (χ0n) is 8.87. The molecule has 0 radical (unpaired) electrons. The summed E-state index contributed by atoms with van der Waals surface area (Å²) in [6.45, 7) is 5.85. The van der Waals surface area contributed by atoms with Crippen molar-refractivity contribution in [1.82, 2.24) is 10.1 Å². The van der Waals surface area contributed by atoms with Crippen LogP contribution in [0.2, 0.25) is 0 Å². The molecule has 0 amide bonds. The van der Waals surface area contributed by atoms with Gasteiger partial charge in [0.05, 0.1) is 4.83 Å². The quantitative estimate of drug-likeness (QED) is 0.784. The first-order valence-electron chi connectivity index (χ1n) is 4.54. The predicted octanol–water partition coefficient (Wildman–Crippen LogP) is 2.80. The molecule has 0 saturated carbocycles. The minimum Gasteiger partial charge on any atom is -0.371 e. The highest BCUT2D eigenvalue weighted by atomic mass is 79.9. The van der Waals surface area contributed by atoms with Crippen LogP contribution in [0.15, 0.2) is 4.52 Å². The Labute approximate surface area is 92.2 Å². The van der Waals surface area contributed by atoms with Crippen molar-refractivity contribution >= 4 is 15.9 Å². The summed E-state index contributed by atoms with van der Waals surface area (Å²) in [6, 6.07) is 0. The number of hydrogen-bond acceptors (Lipinski definition) is 4. The Bertz CT molecular complexity index is 299. The zero-order chi connectivity index (χ0) is 10.8. The molecule has 0 N–H and O–H groups in total. The normalized spacial score (nSPS) is 14.4. The molecule has 0 bridgehead atoms. The van der Waals surface area contributed by atoms with E-state index in [0.717, 1.165) is 6.42 Å². The van der Waals surface area contributed by atoms with Gasteiger partial charge in [-0.1, -0.05) is 28.0 Å². The van der Waals surface area contributed by atoms with Gasteiger partial charge in [0.25, 0.3) is 0 Å². The second-order valence-electron chi connectivity index (χ2n) is 3.55. The average Bonchev–Trinajstić information content (AvgIpc) is 2.66. The van der Waals surface area contributed by atoms with E-state index in [2.05, 4.69) is 26.1 Å². The molecular formula is C9H15BrN2O2. The lowest BCUT2D eigenvalue weighted by molar-refractivity contribution is 0.00973. The van der Waals surface area contributed by atoms with Crippen LogP contribution in [0, 0.1) is 0 Å². The van der Waals surface area contributed by atoms with E-state index in [1.54, 1.807) is 7.11 Å². The third kappa shape index (κ3) is 2.33. The average molecular weight is 263 g/mol. The Balaban J connectivity index is 2.88. The van der Waals surface area contributed by atoms with Crippen LogP contribution < -0.4 is 0 Å². The minimum atomic E-state index is -0.498. The first-order valence-corrected chi connectivity index (χ1v) is 5.46. The summed E-state index contributed by atoms with van der Waals surface area (Å²) in [5.41, 5.74) is -0.498. The monoisotopic (exact) mass is 262 g/mol. The summed E-state index contributed by atoms with van der Waals surface area (Å²) < 4.78 is 10.4. The predicted molar refractivity (Wildman–Crippen MR) is 56.3 cm³/mol. The lowest BCUT2D eigenvalue weighted by Gasteiger charge is -2.17. The summed E-state index contributed by atoms with van der Waals surface area (Å²) in [4.78, 5) is 4.40. The number of alkyl halides is 1. The van der Waals surface area contributed by atoms with Crippen LogP contribution in [0.25, 0.3) is 0 Å². The largest absolute Gasteiger partial charge is 0.371 e. The molecule has 80 valence electrons. The van der Waals surface area contributed by atoms with Gasteiger partial charge in [-0.25, -0.2) is 0 Å². The SMILES string of the molecule is CCC(Br)c1nc(C(C)(C)OC)no1. The van der Waals surface area contributed by atoms with Crippen LogP contribution in [0.3, 0.4) is 0 Å². The van der Waals surface area contributed by atoms with Gasteiger partial charge >= 0.3 is 0 Å². The Hall–Kier alpha value is -0.420. The summed E-state index contributed by atoms with van der Waals surface area (Å²) >= 11 is 3.45. The van der Waals surface area contributed by atoms with Crippen molar-refractivity contribution < 1.29 is 9.26 Å². The maximum Gasteiger partial charge on any atom is 0.240 e. The number of aromatic nitrogens is 2. The molecule has 0 aromatic carbocycles. The van der Waals surface area contributed by atoms with Gasteiger partial charge < -0.3 is 9.26 Å². The van der Waals surface area contributed by atoms with E-state index in [4.69, 9.17) is 9.26 Å². The maximum atomic E-state index is 5.25. The Morgan fingerprint density at radius 1 is 1.57 bits per heavy atom. The van der Waals surface area contributed by atoms with Gasteiger partial charge in [-0.15, -0.1) is 0 Å². The minimum absolute atomic E-state index is 0.122. The van der Waals surface area contributed by atoms with E-state index < -0.39 is 5.60 Å². The summed E-state index contributed by atoms with van der Waals surface area (Å²) in [5.74, 6) is 1.18. The molecule has 1 atom stereocenters. The summed E-state index contributed by atoms with van der Waals surface area (Å²) in [5, 5.41) is 3.89. The number of hydrogen-bond donors (Lipinski definition) is 0. The van der Waals surface area contributed by atoms with Gasteiger partial charge in [0, 0.05) is 7.11 Å². The van der Waals surface area contributed by atoms with Gasteiger partial charge in [0.2, 0.25) is 11.7 Å². The van der Waals surface area contributed by atoms with Gasteiger partial charge in [-0.3, -0.25) is 0 Å². The molecule has 0 fully saturated rings. The second-order valence-corrected chi connectivity index (χ2v) is 4.65. The summed E-state index contributed by atoms with van der Waals surface area (Å²) in [6.07, 6.45) is 0.912. The molecule has 0 aliphatic carbocycles. The Kier molecular flexibility index (Phi) is 3.66. The van der Waals surface area contributed by atoms with E-state index in [9.17, 15) is 0 Å². The molecule has 1 aromatic rings. The highest BCUT2D eigenvalue weighted by molar-refractivity contribution is 9.09. The highest BCUT2D eigenvalue weighted by Crippen LogP contribution is 2.27. The van der Waals surface area contributed by atoms with Crippen LogP contribution in [0.1, 0.15) is 43.7 Å². The maximum absolute atomic E-state index is 5.25. The van der Waals surface area contributed by atoms with E-state index in [-0.39, 0.29) is 4.83 Å². The molecule has 0 aliphatic rings. The fourth-order valence-corrected chi connectivity index (χ4v) is 1.06. The van der Waals surface area contributed by atoms with Gasteiger partial charge in [0.15, 0.2) is 0 Å². The van der Waals surface area contributed by atoms with Crippen LogP contribution in [0.4, 0.5) is 0 Å². The van der Waals surface area contributed by atoms with Gasteiger partial charge in [-0.05, 0) is 20.3 Å². The number of rotatable bonds is 4. The molecular weight excluding hydrogens is 248 g/mol. The molecule has 1 heterocycles. The number of ether oxygens (including phenoxy) is 1. The lowest BCUT2D eigenvalue weighted by atomic mass is 10.1. The fraction of sp³-hybridized carbons (Fsp3) is 0.778. The van der Waals surface area contributed by atoms with E-state index in [0.29, 0.717) is 11.7 Å². The van der Waals surface area contributed by atoms with Crippen molar-refractivity contribution in [3.05, 3.63) is 11.7 Å². The van der Waals surface area contributed by atoms with Crippen molar-refractivity contribution in [3.8, 4) is 0 Å². The van der Waals surface area contributed by atoms with Gasteiger partial charge in [-0.2, -0.15) is 4.98 Å². The number of halogens is 1. The van der Waals surface area contributed by atoms with Crippen LogP contribution >= 0.6 is 15.9 Å². The standard InChI is InChI=1S/C9H15BrN2O2/c1-5-6(10)7-11-8(12-14-7)9(2,3)13-4/h6H,5H2,1-4H3. The molecule has 0 saturated heterocycles. The van der Waals surface area contributed by atoms with E-state index >= 15 is 0 Å². The second kappa shape index (κ2) is 4.40. The molecule has 5 heteroatoms. The van der Waals surface area contributed by atoms with Crippen molar-refractivity contribution in [3.63, 3.8) is 0 Å². The first-order chi connectivity index (χ1) is 6.51. The topological polar surface area (TPSA) is 48.2 Å². The Morgan fingerprint density at radius 3 is 2.71 bits per heavy atom. The zero-order valence-corrected chi connectivity index (χ0v) is 10.5. The third-order valence-electron chi connectivity index (χ3n) is 2.12. The van der Waals surface area contributed by atoms with Crippen LogP contribution in [0.5, 0.6) is 0 Å². The molecule has 0 aliphatic heterocycles. The van der Waals surface area contributed by atoms with Gasteiger partial charge in [0.1, 0.15) is 5.60 Å². The van der Waals surface area contributed by atoms with E-state index in [1.807, 2.05) is 20.8 Å². The molecule has 1 aromatic heterocycles. The van der Waals surface area contributed by atoms with Crippen molar-refractivity contribution in [2.75, 3.05) is 7.11 Å². The van der Waals surface area contributed by atoms with Crippen molar-refractivity contribution in [2.24, 2.45) is 0 Å². The molecule has 4 nitrogen and oxygen atoms in total. The Morgan fingerprint density at radius 2 is 2.21 bits per heavy atom. The summed E-state index contributed by atoms with van der Waals surface area (Å²) in [7, 11) is 1.63. The number of nitrogens with zero attached hydrogens (tertiary/aromatic N) is 2. The highest BCUT2D eigenvalue weighted by Gasteiger charge is 2.27. The van der Waals surface area contributed by atoms with Crippen LogP contribution in [-0.4, -0.2) is 17.3 Å². The third-order valence-corrected chi connectivity index (χ3v) is 3.16.